The molecule has 0 spiro atoms. The molecule has 0 saturated heterocycles. The van der Waals surface area contributed by atoms with Gasteiger partial charge in [0.1, 0.15) is 1.93 Å². The van der Waals surface area contributed by atoms with Gasteiger partial charge in [-0.2, -0.15) is 0 Å². The SMILES string of the molecule is NNC(=O)C(I)I. The van der Waals surface area contributed by atoms with Crippen molar-refractivity contribution in [1.82, 2.24) is 5.43 Å². The Morgan fingerprint density at radius 1 is 1.71 bits per heavy atom. The van der Waals surface area contributed by atoms with Crippen molar-refractivity contribution < 1.29 is 4.79 Å². The number of hydrazine groups is 1. The fourth-order valence-corrected chi connectivity index (χ4v) is 0.423. The van der Waals surface area contributed by atoms with Crippen LogP contribution in [0.4, 0.5) is 0 Å². The quantitative estimate of drug-likeness (QED) is 0.237. The molecule has 0 rings (SSSR count). The van der Waals surface area contributed by atoms with E-state index in [1.165, 1.54) is 0 Å². The second kappa shape index (κ2) is 3.84. The number of carbonyl (C=O) groups is 1. The number of rotatable bonds is 1. The second-order valence-electron chi connectivity index (χ2n) is 0.809. The third-order valence-corrected chi connectivity index (χ3v) is 1.47. The largest absolute Gasteiger partial charge is 0.293 e. The number of alkyl halides is 2. The van der Waals surface area contributed by atoms with Crippen molar-refractivity contribution in [2.75, 3.05) is 0 Å². The summed E-state index contributed by atoms with van der Waals surface area (Å²) in [4.78, 5) is 10.3. The minimum absolute atomic E-state index is 0.0693. The van der Waals surface area contributed by atoms with Gasteiger partial charge in [-0.3, -0.25) is 10.2 Å². The highest BCUT2D eigenvalue weighted by molar-refractivity contribution is 14.2. The Morgan fingerprint density at radius 2 is 2.14 bits per heavy atom. The van der Waals surface area contributed by atoms with Gasteiger partial charge in [-0.15, -0.1) is 0 Å². The van der Waals surface area contributed by atoms with Crippen molar-refractivity contribution in [3.63, 3.8) is 0 Å². The Morgan fingerprint density at radius 3 is 2.14 bits per heavy atom. The molecule has 0 radical (unpaired) electrons. The molecule has 0 heterocycles. The molecular formula is C2H4I2N2O. The van der Waals surface area contributed by atoms with Crippen LogP contribution in [-0.2, 0) is 4.79 Å². The summed E-state index contributed by atoms with van der Waals surface area (Å²) in [5, 5.41) is 0. The van der Waals surface area contributed by atoms with Gasteiger partial charge in [0.25, 0.3) is 5.91 Å². The normalized spacial score (nSPS) is 9.14. The molecular weight excluding hydrogens is 322 g/mol. The summed E-state index contributed by atoms with van der Waals surface area (Å²) in [7, 11) is 0. The van der Waals surface area contributed by atoms with Crippen LogP contribution in [0.2, 0.25) is 0 Å². The predicted molar refractivity (Wildman–Crippen MR) is 44.2 cm³/mol. The smallest absolute Gasteiger partial charge is 0.256 e. The second-order valence-corrected chi connectivity index (χ2v) is 5.68. The summed E-state index contributed by atoms with van der Waals surface area (Å²) < 4.78 is -0.0693. The summed E-state index contributed by atoms with van der Waals surface area (Å²) in [5.41, 5.74) is 2.01. The average Bonchev–Trinajstić information content (AvgIpc) is 1.65. The van der Waals surface area contributed by atoms with Gasteiger partial charge in [-0.05, 0) is 0 Å². The zero-order chi connectivity index (χ0) is 5.86. The lowest BCUT2D eigenvalue weighted by molar-refractivity contribution is -0.118. The van der Waals surface area contributed by atoms with Crippen LogP contribution in [-0.4, -0.2) is 7.84 Å². The number of carbonyl (C=O) groups excluding carboxylic acids is 1. The Labute approximate surface area is 68.6 Å². The first-order chi connectivity index (χ1) is 3.18. The molecule has 3 nitrogen and oxygen atoms in total. The molecule has 0 aromatic rings. The Balaban J connectivity index is 3.35. The summed E-state index contributed by atoms with van der Waals surface area (Å²) in [6, 6.07) is 0. The lowest BCUT2D eigenvalue weighted by Gasteiger charge is -1.95. The maximum absolute atomic E-state index is 10.3. The van der Waals surface area contributed by atoms with Crippen LogP contribution in [0, 0.1) is 0 Å². The van der Waals surface area contributed by atoms with E-state index < -0.39 is 0 Å². The van der Waals surface area contributed by atoms with Gasteiger partial charge in [-0.1, -0.05) is 45.2 Å². The predicted octanol–water partition coefficient (Wildman–Crippen LogP) is 0.172. The van der Waals surface area contributed by atoms with E-state index in [2.05, 4.69) is 0 Å². The van der Waals surface area contributed by atoms with Gasteiger partial charge in [0.05, 0.1) is 0 Å². The fourth-order valence-electron chi connectivity index (χ4n) is 0.0630. The van der Waals surface area contributed by atoms with E-state index >= 15 is 0 Å². The van der Waals surface area contributed by atoms with Crippen LogP contribution in [0.25, 0.3) is 0 Å². The molecule has 0 unspecified atom stereocenters. The van der Waals surface area contributed by atoms with E-state index in [1.54, 1.807) is 0 Å². The van der Waals surface area contributed by atoms with Gasteiger partial charge in [0, 0.05) is 0 Å². The van der Waals surface area contributed by atoms with E-state index in [1.807, 2.05) is 50.6 Å². The van der Waals surface area contributed by atoms with Gasteiger partial charge in [0.15, 0.2) is 0 Å². The summed E-state index contributed by atoms with van der Waals surface area (Å²) in [5.74, 6) is 4.61. The van der Waals surface area contributed by atoms with Crippen LogP contribution >= 0.6 is 45.2 Å². The van der Waals surface area contributed by atoms with Crippen LogP contribution in [0.3, 0.4) is 0 Å². The number of hydrogen-bond acceptors (Lipinski definition) is 2. The van der Waals surface area contributed by atoms with Gasteiger partial charge in [0.2, 0.25) is 0 Å². The topological polar surface area (TPSA) is 55.1 Å². The molecule has 0 bridgehead atoms. The highest BCUT2D eigenvalue weighted by Crippen LogP contribution is 2.07. The minimum Gasteiger partial charge on any atom is -0.293 e. The van der Waals surface area contributed by atoms with E-state index in [0.717, 1.165) is 0 Å². The standard InChI is InChI=1S/C2H4I2N2O/c3-1(4)2(7)6-5/h1H,5H2,(H,6,7). The van der Waals surface area contributed by atoms with Crippen LogP contribution in [0.5, 0.6) is 0 Å². The number of amides is 1. The van der Waals surface area contributed by atoms with Gasteiger partial charge < -0.3 is 0 Å². The van der Waals surface area contributed by atoms with Crippen molar-refractivity contribution in [2.24, 2.45) is 5.84 Å². The number of nitrogens with one attached hydrogen (secondary N) is 1. The molecule has 5 heteroatoms. The first kappa shape index (κ1) is 7.89. The first-order valence-electron chi connectivity index (χ1n) is 1.47. The van der Waals surface area contributed by atoms with E-state index in [-0.39, 0.29) is 7.84 Å². The maximum atomic E-state index is 10.3. The van der Waals surface area contributed by atoms with Crippen molar-refractivity contribution >= 4 is 51.1 Å². The van der Waals surface area contributed by atoms with E-state index in [0.29, 0.717) is 0 Å². The highest BCUT2D eigenvalue weighted by Gasteiger charge is 2.05. The fraction of sp³-hybridized carbons (Fsp3) is 0.500. The Bertz CT molecular complexity index is 74.1. The zero-order valence-corrected chi connectivity index (χ0v) is 7.63. The molecule has 42 valence electrons. The monoisotopic (exact) mass is 326 g/mol. The van der Waals surface area contributed by atoms with Gasteiger partial charge >= 0.3 is 0 Å². The van der Waals surface area contributed by atoms with Crippen molar-refractivity contribution in [2.45, 2.75) is 1.93 Å². The van der Waals surface area contributed by atoms with E-state index in [4.69, 9.17) is 5.84 Å². The average molecular weight is 326 g/mol. The van der Waals surface area contributed by atoms with Crippen LogP contribution in [0.1, 0.15) is 0 Å². The molecule has 1 amide bonds. The highest BCUT2D eigenvalue weighted by atomic mass is 127. The van der Waals surface area contributed by atoms with Crippen molar-refractivity contribution in [1.29, 1.82) is 0 Å². The summed E-state index contributed by atoms with van der Waals surface area (Å²) in [6.45, 7) is 0. The molecule has 7 heavy (non-hydrogen) atoms. The van der Waals surface area contributed by atoms with Crippen LogP contribution in [0.15, 0.2) is 0 Å². The number of halogens is 2. The Kier molecular flexibility index (Phi) is 4.33. The zero-order valence-electron chi connectivity index (χ0n) is 3.32. The number of nitrogens with two attached hydrogens (primary N) is 1. The summed E-state index contributed by atoms with van der Waals surface area (Å²) >= 11 is 3.93. The molecule has 0 fully saturated rings. The lowest BCUT2D eigenvalue weighted by Crippen LogP contribution is -2.33. The third kappa shape index (κ3) is 3.47. The van der Waals surface area contributed by atoms with Crippen molar-refractivity contribution in [3.8, 4) is 0 Å². The molecule has 0 aliphatic heterocycles. The molecule has 0 atom stereocenters. The molecule has 0 aromatic heterocycles. The summed E-state index contributed by atoms with van der Waals surface area (Å²) in [6.07, 6.45) is 0. The van der Waals surface area contributed by atoms with E-state index in [9.17, 15) is 4.79 Å². The molecule has 0 aliphatic rings. The van der Waals surface area contributed by atoms with Crippen molar-refractivity contribution in [3.05, 3.63) is 0 Å². The van der Waals surface area contributed by atoms with Gasteiger partial charge in [-0.25, -0.2) is 5.84 Å². The lowest BCUT2D eigenvalue weighted by atomic mass is 10.8. The Hall–Kier alpha value is 0.890. The first-order valence-corrected chi connectivity index (χ1v) is 3.96. The molecule has 0 aromatic carbocycles. The maximum Gasteiger partial charge on any atom is 0.256 e. The molecule has 0 aliphatic carbocycles. The molecule has 3 N–H and O–H groups in total. The minimum atomic E-state index is -0.152. The van der Waals surface area contributed by atoms with Crippen LogP contribution < -0.4 is 11.3 Å². The molecule has 0 saturated carbocycles. The number of hydrogen-bond donors (Lipinski definition) is 2. The third-order valence-electron chi connectivity index (χ3n) is 0.340.